The van der Waals surface area contributed by atoms with Gasteiger partial charge >= 0.3 is 0 Å². The molecule has 1 aliphatic heterocycles. The zero-order valence-electron chi connectivity index (χ0n) is 11.0. The third-order valence-electron chi connectivity index (χ3n) is 3.07. The van der Waals surface area contributed by atoms with E-state index in [1.165, 1.54) is 17.8 Å². The van der Waals surface area contributed by atoms with Gasteiger partial charge in [-0.1, -0.05) is 17.3 Å². The van der Waals surface area contributed by atoms with Crippen molar-refractivity contribution in [2.24, 2.45) is 0 Å². The molecule has 1 fully saturated rings. The van der Waals surface area contributed by atoms with Gasteiger partial charge in [-0.3, -0.25) is 4.79 Å². The van der Waals surface area contributed by atoms with Crippen LogP contribution in [0.4, 0.5) is 10.9 Å². The molecule has 0 aliphatic carbocycles. The molecule has 5 nitrogen and oxygen atoms in total. The van der Waals surface area contributed by atoms with Crippen molar-refractivity contribution < 1.29 is 4.79 Å². The molecule has 102 valence electrons. The average molecular weight is 278 g/mol. The molecule has 0 bridgehead atoms. The third-order valence-corrected chi connectivity index (χ3v) is 4.20. The van der Waals surface area contributed by atoms with Crippen LogP contribution in [0.3, 0.4) is 0 Å². The van der Waals surface area contributed by atoms with Crippen LogP contribution in [0, 0.1) is 12.3 Å². The van der Waals surface area contributed by atoms with Crippen LogP contribution in [-0.2, 0) is 0 Å². The minimum absolute atomic E-state index is 0.247. The molecular weight excluding hydrogens is 260 g/mol. The number of thiazole rings is 1. The van der Waals surface area contributed by atoms with Gasteiger partial charge in [0.1, 0.15) is 10.7 Å². The Bertz CT molecular complexity index is 499. The summed E-state index contributed by atoms with van der Waals surface area (Å²) in [5.74, 6) is 2.49. The van der Waals surface area contributed by atoms with Crippen molar-refractivity contribution in [1.82, 2.24) is 10.3 Å². The monoisotopic (exact) mass is 278 g/mol. The number of carbonyl (C=O) groups excluding carboxylic acids is 1. The van der Waals surface area contributed by atoms with E-state index in [1.54, 1.807) is 6.92 Å². The molecule has 0 saturated carbocycles. The SMILES string of the molecule is C#CC(C)NC(=O)c1sc(N2CCCCC2)nc1N. The highest BCUT2D eigenvalue weighted by Gasteiger charge is 2.21. The molecule has 19 heavy (non-hydrogen) atoms. The van der Waals surface area contributed by atoms with Crippen LogP contribution in [0.15, 0.2) is 0 Å². The number of hydrogen-bond acceptors (Lipinski definition) is 5. The van der Waals surface area contributed by atoms with Gasteiger partial charge in [0.15, 0.2) is 5.13 Å². The average Bonchev–Trinajstić information content (AvgIpc) is 2.81. The summed E-state index contributed by atoms with van der Waals surface area (Å²) in [6.07, 6.45) is 8.82. The van der Waals surface area contributed by atoms with E-state index >= 15 is 0 Å². The summed E-state index contributed by atoms with van der Waals surface area (Å²) >= 11 is 1.34. The molecular formula is C13H18N4OS. The first-order chi connectivity index (χ1) is 9.11. The number of amides is 1. The fourth-order valence-corrected chi connectivity index (χ4v) is 2.95. The lowest BCUT2D eigenvalue weighted by Crippen LogP contribution is -2.31. The Kier molecular flexibility index (Phi) is 4.27. The fraction of sp³-hybridized carbons (Fsp3) is 0.538. The largest absolute Gasteiger partial charge is 0.382 e. The molecule has 2 rings (SSSR count). The molecule has 1 amide bonds. The van der Waals surface area contributed by atoms with Gasteiger partial charge < -0.3 is 16.0 Å². The van der Waals surface area contributed by atoms with Gasteiger partial charge in [0, 0.05) is 13.1 Å². The number of nitrogens with zero attached hydrogens (tertiary/aromatic N) is 2. The molecule has 1 aromatic rings. The van der Waals surface area contributed by atoms with Crippen LogP contribution >= 0.6 is 11.3 Å². The Morgan fingerprint density at radius 3 is 2.84 bits per heavy atom. The summed E-state index contributed by atoms with van der Waals surface area (Å²) in [6.45, 7) is 3.71. The number of anilines is 2. The highest BCUT2D eigenvalue weighted by atomic mass is 32.1. The molecule has 0 radical (unpaired) electrons. The Hall–Kier alpha value is -1.74. The summed E-state index contributed by atoms with van der Waals surface area (Å²) in [5.41, 5.74) is 5.83. The predicted molar refractivity (Wildman–Crippen MR) is 78.4 cm³/mol. The molecule has 0 aromatic carbocycles. The number of nitrogens with two attached hydrogens (primary N) is 1. The van der Waals surface area contributed by atoms with Gasteiger partial charge in [0.05, 0.1) is 6.04 Å². The fourth-order valence-electron chi connectivity index (χ4n) is 2.01. The van der Waals surface area contributed by atoms with Crippen LogP contribution in [0.1, 0.15) is 35.9 Å². The molecule has 1 unspecified atom stereocenters. The molecule has 1 atom stereocenters. The second kappa shape index (κ2) is 5.93. The Labute approximate surface area is 117 Å². The minimum atomic E-state index is -0.313. The standard InChI is InChI=1S/C13H18N4OS/c1-3-9(2)15-12(18)10-11(14)16-13(19-10)17-7-5-4-6-8-17/h1,9H,4-8,14H2,2H3,(H,15,18). The Morgan fingerprint density at radius 1 is 1.53 bits per heavy atom. The summed E-state index contributed by atoms with van der Waals surface area (Å²) in [4.78, 5) is 18.9. The number of aromatic nitrogens is 1. The summed E-state index contributed by atoms with van der Waals surface area (Å²) in [6, 6.07) is -0.313. The van der Waals surface area contributed by atoms with Gasteiger partial charge in [0.25, 0.3) is 5.91 Å². The van der Waals surface area contributed by atoms with Crippen LogP contribution < -0.4 is 16.0 Å². The zero-order valence-corrected chi connectivity index (χ0v) is 11.8. The smallest absolute Gasteiger partial charge is 0.266 e. The molecule has 1 aromatic heterocycles. The maximum Gasteiger partial charge on any atom is 0.266 e. The predicted octanol–water partition coefficient (Wildman–Crippen LogP) is 1.47. The van der Waals surface area contributed by atoms with Crippen LogP contribution in [0.25, 0.3) is 0 Å². The first-order valence-corrected chi connectivity index (χ1v) is 7.21. The lowest BCUT2D eigenvalue weighted by Gasteiger charge is -2.25. The van der Waals surface area contributed by atoms with Gasteiger partial charge in [-0.2, -0.15) is 0 Å². The maximum absolute atomic E-state index is 12.0. The van der Waals surface area contributed by atoms with Gasteiger partial charge in [-0.15, -0.1) is 6.42 Å². The van der Waals surface area contributed by atoms with E-state index in [2.05, 4.69) is 21.1 Å². The van der Waals surface area contributed by atoms with E-state index in [0.717, 1.165) is 31.1 Å². The summed E-state index contributed by atoms with van der Waals surface area (Å²) < 4.78 is 0. The number of piperidine rings is 1. The third kappa shape index (κ3) is 3.18. The highest BCUT2D eigenvalue weighted by Crippen LogP contribution is 2.29. The van der Waals surface area contributed by atoms with Crippen LogP contribution in [-0.4, -0.2) is 30.0 Å². The van der Waals surface area contributed by atoms with E-state index in [1.807, 2.05) is 0 Å². The Morgan fingerprint density at radius 2 is 2.21 bits per heavy atom. The van der Waals surface area contributed by atoms with Crippen LogP contribution in [0.5, 0.6) is 0 Å². The lowest BCUT2D eigenvalue weighted by atomic mass is 10.1. The number of nitrogen functional groups attached to an aromatic ring is 1. The van der Waals surface area contributed by atoms with Crippen molar-refractivity contribution in [3.63, 3.8) is 0 Å². The van der Waals surface area contributed by atoms with Crippen molar-refractivity contribution >= 4 is 28.2 Å². The van der Waals surface area contributed by atoms with E-state index in [4.69, 9.17) is 12.2 Å². The van der Waals surface area contributed by atoms with Crippen molar-refractivity contribution in [2.45, 2.75) is 32.2 Å². The van der Waals surface area contributed by atoms with Crippen LogP contribution in [0.2, 0.25) is 0 Å². The highest BCUT2D eigenvalue weighted by molar-refractivity contribution is 7.18. The second-order valence-corrected chi connectivity index (χ2v) is 5.60. The Balaban J connectivity index is 2.12. The number of hydrogen-bond donors (Lipinski definition) is 2. The quantitative estimate of drug-likeness (QED) is 0.821. The second-order valence-electron chi connectivity index (χ2n) is 4.62. The molecule has 6 heteroatoms. The van der Waals surface area contributed by atoms with Gasteiger partial charge in [-0.25, -0.2) is 4.98 Å². The normalized spacial score (nSPS) is 16.7. The molecule has 1 saturated heterocycles. The molecule has 1 aliphatic rings. The zero-order chi connectivity index (χ0) is 13.8. The van der Waals surface area contributed by atoms with E-state index in [-0.39, 0.29) is 17.8 Å². The number of rotatable bonds is 3. The number of terminal acetylenes is 1. The van der Waals surface area contributed by atoms with Crippen molar-refractivity contribution in [3.05, 3.63) is 4.88 Å². The first kappa shape index (κ1) is 13.7. The van der Waals surface area contributed by atoms with E-state index in [0.29, 0.717) is 4.88 Å². The number of carbonyl (C=O) groups is 1. The lowest BCUT2D eigenvalue weighted by molar-refractivity contribution is 0.0953. The van der Waals surface area contributed by atoms with Gasteiger partial charge in [-0.05, 0) is 26.2 Å². The summed E-state index contributed by atoms with van der Waals surface area (Å²) in [5, 5.41) is 3.53. The summed E-state index contributed by atoms with van der Waals surface area (Å²) in [7, 11) is 0. The molecule has 3 N–H and O–H groups in total. The number of nitrogens with one attached hydrogen (secondary N) is 1. The molecule has 2 heterocycles. The maximum atomic E-state index is 12.0. The first-order valence-electron chi connectivity index (χ1n) is 6.40. The minimum Gasteiger partial charge on any atom is -0.382 e. The molecule has 0 spiro atoms. The van der Waals surface area contributed by atoms with Crippen molar-refractivity contribution in [3.8, 4) is 12.3 Å². The van der Waals surface area contributed by atoms with Crippen molar-refractivity contribution in [2.75, 3.05) is 23.7 Å². The van der Waals surface area contributed by atoms with Gasteiger partial charge in [0.2, 0.25) is 0 Å². The van der Waals surface area contributed by atoms with E-state index < -0.39 is 0 Å². The van der Waals surface area contributed by atoms with Crippen molar-refractivity contribution in [1.29, 1.82) is 0 Å². The van der Waals surface area contributed by atoms with E-state index in [9.17, 15) is 4.79 Å². The topological polar surface area (TPSA) is 71.2 Å².